The first-order valence-corrected chi connectivity index (χ1v) is 6.20. The molecule has 0 aliphatic carbocycles. The second kappa shape index (κ2) is 5.93. The van der Waals surface area contributed by atoms with Gasteiger partial charge in [0.2, 0.25) is 0 Å². The molecule has 1 heterocycles. The normalized spacial score (nSPS) is 12.6. The van der Waals surface area contributed by atoms with E-state index in [0.29, 0.717) is 0 Å². The number of aryl methyl sites for hydroxylation is 2. The molecule has 0 saturated carbocycles. The molecule has 0 amide bonds. The quantitative estimate of drug-likeness (QED) is 0.900. The molecular formula is C14H17F2N3. The summed E-state index contributed by atoms with van der Waals surface area (Å²) in [4.78, 5) is 4.25. The largest absolute Gasteiger partial charge is 0.338 e. The van der Waals surface area contributed by atoms with E-state index in [4.69, 9.17) is 0 Å². The van der Waals surface area contributed by atoms with Crippen LogP contribution in [0.1, 0.15) is 23.9 Å². The van der Waals surface area contributed by atoms with Crippen molar-refractivity contribution in [1.29, 1.82) is 0 Å². The summed E-state index contributed by atoms with van der Waals surface area (Å²) < 4.78 is 28.1. The Morgan fingerprint density at radius 2 is 2.11 bits per heavy atom. The second-order valence-corrected chi connectivity index (χ2v) is 4.51. The molecule has 5 heteroatoms. The summed E-state index contributed by atoms with van der Waals surface area (Å²) in [6, 6.07) is 4.00. The fraction of sp³-hybridized carbons (Fsp3) is 0.357. The third-order valence-electron chi connectivity index (χ3n) is 3.27. The van der Waals surface area contributed by atoms with E-state index in [9.17, 15) is 8.78 Å². The molecule has 102 valence electrons. The Balaban J connectivity index is 2.07. The van der Waals surface area contributed by atoms with Crippen LogP contribution in [0.25, 0.3) is 0 Å². The summed E-state index contributed by atoms with van der Waals surface area (Å²) in [5.41, 5.74) is 0.746. The van der Waals surface area contributed by atoms with Crippen molar-refractivity contribution in [3.8, 4) is 0 Å². The Hall–Kier alpha value is -1.75. The van der Waals surface area contributed by atoms with Gasteiger partial charge < -0.3 is 9.88 Å². The fourth-order valence-corrected chi connectivity index (χ4v) is 2.12. The first-order chi connectivity index (χ1) is 9.11. The van der Waals surface area contributed by atoms with E-state index in [1.165, 1.54) is 6.07 Å². The predicted octanol–water partition coefficient (Wildman–Crippen LogP) is 2.59. The topological polar surface area (TPSA) is 29.9 Å². The van der Waals surface area contributed by atoms with Crippen LogP contribution >= 0.6 is 0 Å². The molecular weight excluding hydrogens is 248 g/mol. The van der Waals surface area contributed by atoms with Gasteiger partial charge in [0.15, 0.2) is 11.6 Å². The van der Waals surface area contributed by atoms with Crippen molar-refractivity contribution in [2.45, 2.75) is 18.9 Å². The van der Waals surface area contributed by atoms with E-state index in [2.05, 4.69) is 10.3 Å². The Bertz CT molecular complexity index is 551. The summed E-state index contributed by atoms with van der Waals surface area (Å²) >= 11 is 0. The number of hydrogen-bond acceptors (Lipinski definition) is 2. The number of halogens is 2. The second-order valence-electron chi connectivity index (χ2n) is 4.51. The minimum absolute atomic E-state index is 0.0215. The first-order valence-electron chi connectivity index (χ1n) is 6.20. The van der Waals surface area contributed by atoms with Gasteiger partial charge in [0, 0.05) is 31.9 Å². The number of nitrogens with one attached hydrogen (secondary N) is 1. The number of hydrogen-bond donors (Lipinski definition) is 1. The molecule has 1 atom stereocenters. The van der Waals surface area contributed by atoms with Crippen LogP contribution in [0.5, 0.6) is 0 Å². The van der Waals surface area contributed by atoms with Crippen LogP contribution in [-0.2, 0) is 13.5 Å². The molecule has 0 bridgehead atoms. The lowest BCUT2D eigenvalue weighted by molar-refractivity contribution is 0.494. The molecule has 0 aliphatic rings. The van der Waals surface area contributed by atoms with Crippen LogP contribution in [0.15, 0.2) is 30.6 Å². The molecule has 1 N–H and O–H groups in total. The lowest BCUT2D eigenvalue weighted by Crippen LogP contribution is -2.18. The summed E-state index contributed by atoms with van der Waals surface area (Å²) in [6.07, 6.45) is 5.18. The van der Waals surface area contributed by atoms with E-state index >= 15 is 0 Å². The minimum atomic E-state index is -0.817. The van der Waals surface area contributed by atoms with E-state index in [1.807, 2.05) is 24.9 Å². The Morgan fingerprint density at radius 3 is 2.68 bits per heavy atom. The highest BCUT2D eigenvalue weighted by Crippen LogP contribution is 2.20. The SMILES string of the molecule is CNC(CCc1nccn1C)c1ccc(F)c(F)c1. The molecule has 19 heavy (non-hydrogen) atoms. The molecule has 0 fully saturated rings. The zero-order valence-corrected chi connectivity index (χ0v) is 11.0. The molecule has 2 rings (SSSR count). The van der Waals surface area contributed by atoms with Crippen LogP contribution in [0.2, 0.25) is 0 Å². The van der Waals surface area contributed by atoms with Crippen LogP contribution in [0.3, 0.4) is 0 Å². The lowest BCUT2D eigenvalue weighted by atomic mass is 10.0. The molecule has 2 aromatic rings. The number of rotatable bonds is 5. The zero-order valence-electron chi connectivity index (χ0n) is 11.0. The average Bonchev–Trinajstić information content (AvgIpc) is 2.80. The van der Waals surface area contributed by atoms with Crippen molar-refractivity contribution < 1.29 is 8.78 Å². The van der Waals surface area contributed by atoms with Crippen molar-refractivity contribution in [2.75, 3.05) is 7.05 Å². The maximum Gasteiger partial charge on any atom is 0.159 e. The van der Waals surface area contributed by atoms with Crippen LogP contribution in [-0.4, -0.2) is 16.6 Å². The molecule has 0 radical (unpaired) electrons. The van der Waals surface area contributed by atoms with Gasteiger partial charge in [-0.2, -0.15) is 0 Å². The van der Waals surface area contributed by atoms with Crippen molar-refractivity contribution in [3.63, 3.8) is 0 Å². The Kier molecular flexibility index (Phi) is 4.27. The summed E-state index contributed by atoms with van der Waals surface area (Å²) in [6.45, 7) is 0. The molecule has 1 aromatic heterocycles. The van der Waals surface area contributed by atoms with Gasteiger partial charge in [0.1, 0.15) is 5.82 Å². The molecule has 0 aliphatic heterocycles. The van der Waals surface area contributed by atoms with Crippen LogP contribution < -0.4 is 5.32 Å². The molecule has 1 aromatic carbocycles. The summed E-state index contributed by atoms with van der Waals surface area (Å²) in [7, 11) is 3.75. The maximum absolute atomic E-state index is 13.2. The number of nitrogens with zero attached hydrogens (tertiary/aromatic N) is 2. The maximum atomic E-state index is 13.2. The Labute approximate surface area is 111 Å². The highest BCUT2D eigenvalue weighted by atomic mass is 19.2. The zero-order chi connectivity index (χ0) is 13.8. The minimum Gasteiger partial charge on any atom is -0.338 e. The van der Waals surface area contributed by atoms with Gasteiger partial charge in [-0.05, 0) is 31.2 Å². The molecule has 0 spiro atoms. The van der Waals surface area contributed by atoms with E-state index in [0.717, 1.165) is 30.3 Å². The Morgan fingerprint density at radius 1 is 1.32 bits per heavy atom. The first kappa shape index (κ1) is 13.7. The average molecular weight is 265 g/mol. The molecule has 1 unspecified atom stereocenters. The van der Waals surface area contributed by atoms with Gasteiger partial charge in [-0.25, -0.2) is 13.8 Å². The number of imidazole rings is 1. The van der Waals surface area contributed by atoms with Crippen molar-refractivity contribution in [3.05, 3.63) is 53.6 Å². The lowest BCUT2D eigenvalue weighted by Gasteiger charge is -2.16. The standard InChI is InChI=1S/C14H17F2N3/c1-17-13(5-6-14-18-7-8-19(14)2)10-3-4-11(15)12(16)9-10/h3-4,7-9,13,17H,5-6H2,1-2H3. The van der Waals surface area contributed by atoms with E-state index in [1.54, 1.807) is 12.3 Å². The van der Waals surface area contributed by atoms with Gasteiger partial charge in [-0.3, -0.25) is 0 Å². The van der Waals surface area contributed by atoms with Crippen LogP contribution in [0.4, 0.5) is 8.78 Å². The van der Waals surface area contributed by atoms with Crippen LogP contribution in [0, 0.1) is 11.6 Å². The monoisotopic (exact) mass is 265 g/mol. The van der Waals surface area contributed by atoms with Crippen molar-refractivity contribution >= 4 is 0 Å². The van der Waals surface area contributed by atoms with Crippen molar-refractivity contribution in [2.24, 2.45) is 7.05 Å². The highest BCUT2D eigenvalue weighted by Gasteiger charge is 2.13. The molecule has 0 saturated heterocycles. The number of aromatic nitrogens is 2. The van der Waals surface area contributed by atoms with Gasteiger partial charge in [-0.1, -0.05) is 6.07 Å². The molecule has 3 nitrogen and oxygen atoms in total. The fourth-order valence-electron chi connectivity index (χ4n) is 2.12. The van der Waals surface area contributed by atoms with Gasteiger partial charge in [-0.15, -0.1) is 0 Å². The van der Waals surface area contributed by atoms with Gasteiger partial charge in [0.05, 0.1) is 0 Å². The smallest absolute Gasteiger partial charge is 0.159 e. The van der Waals surface area contributed by atoms with E-state index in [-0.39, 0.29) is 6.04 Å². The van der Waals surface area contributed by atoms with Gasteiger partial charge >= 0.3 is 0 Å². The summed E-state index contributed by atoms with van der Waals surface area (Å²) in [5.74, 6) is -0.653. The third-order valence-corrected chi connectivity index (χ3v) is 3.27. The van der Waals surface area contributed by atoms with E-state index < -0.39 is 11.6 Å². The number of benzene rings is 1. The predicted molar refractivity (Wildman–Crippen MR) is 69.7 cm³/mol. The summed E-state index contributed by atoms with van der Waals surface area (Å²) in [5, 5.41) is 3.12. The third kappa shape index (κ3) is 3.17. The van der Waals surface area contributed by atoms with Gasteiger partial charge in [0.25, 0.3) is 0 Å². The highest BCUT2D eigenvalue weighted by molar-refractivity contribution is 5.21. The van der Waals surface area contributed by atoms with Crippen molar-refractivity contribution in [1.82, 2.24) is 14.9 Å².